The molecule has 7 heteroatoms. The van der Waals surface area contributed by atoms with Crippen LogP contribution in [0, 0.1) is 22.7 Å². The molecule has 2 saturated heterocycles. The molecule has 0 aromatic heterocycles. The number of amides is 2. The van der Waals surface area contributed by atoms with E-state index in [0.717, 1.165) is 12.8 Å². The Bertz CT molecular complexity index is 746. The Balaban J connectivity index is 1.56. The number of nitriles is 2. The fraction of sp³-hybridized carbons (Fsp3) is 0.444. The second-order valence-corrected chi connectivity index (χ2v) is 6.37. The van der Waals surface area contributed by atoms with Crippen molar-refractivity contribution in [3.05, 3.63) is 35.4 Å². The lowest BCUT2D eigenvalue weighted by Crippen LogP contribution is -2.45. The molecule has 25 heavy (non-hydrogen) atoms. The summed E-state index contributed by atoms with van der Waals surface area (Å²) in [6.07, 6.45) is 2.10. The lowest BCUT2D eigenvalue weighted by atomic mass is 10.1. The first-order chi connectivity index (χ1) is 12.1. The van der Waals surface area contributed by atoms with Gasteiger partial charge in [-0.25, -0.2) is 0 Å². The van der Waals surface area contributed by atoms with Crippen LogP contribution in [-0.4, -0.2) is 47.9 Å². The molecule has 0 spiro atoms. The number of hydrogen-bond donors (Lipinski definition) is 2. The highest BCUT2D eigenvalue weighted by atomic mass is 16.2. The smallest absolute Gasteiger partial charge is 0.251 e. The topological polar surface area (TPSA) is 109 Å². The highest BCUT2D eigenvalue weighted by Crippen LogP contribution is 2.20. The number of rotatable bonds is 3. The van der Waals surface area contributed by atoms with Gasteiger partial charge >= 0.3 is 0 Å². The molecule has 0 aliphatic carbocycles. The Morgan fingerprint density at radius 1 is 1.24 bits per heavy atom. The number of hydrogen-bond acceptors (Lipinski definition) is 5. The molecule has 2 N–H and O–H groups in total. The largest absolute Gasteiger partial charge is 0.348 e. The molecule has 7 nitrogen and oxygen atoms in total. The molecule has 2 amide bonds. The maximum atomic E-state index is 12.6. The SMILES string of the molecule is N#Cc1ccc(C(=O)N[C@@H]2CN[C@H](C(=O)N3CCCC3C#N)C2)cc1. The van der Waals surface area contributed by atoms with Crippen LogP contribution in [0.2, 0.25) is 0 Å². The summed E-state index contributed by atoms with van der Waals surface area (Å²) < 4.78 is 0. The minimum atomic E-state index is -0.361. The van der Waals surface area contributed by atoms with Crippen molar-refractivity contribution in [3.8, 4) is 12.1 Å². The van der Waals surface area contributed by atoms with Gasteiger partial charge in [-0.2, -0.15) is 10.5 Å². The third-order valence-electron chi connectivity index (χ3n) is 4.73. The van der Waals surface area contributed by atoms with Gasteiger partial charge in [0, 0.05) is 24.7 Å². The fourth-order valence-electron chi connectivity index (χ4n) is 3.36. The van der Waals surface area contributed by atoms with Crippen molar-refractivity contribution >= 4 is 11.8 Å². The van der Waals surface area contributed by atoms with Crippen molar-refractivity contribution in [1.82, 2.24) is 15.5 Å². The van der Waals surface area contributed by atoms with Gasteiger partial charge in [-0.1, -0.05) is 0 Å². The van der Waals surface area contributed by atoms with Gasteiger partial charge < -0.3 is 15.5 Å². The summed E-state index contributed by atoms with van der Waals surface area (Å²) in [4.78, 5) is 26.5. The molecule has 1 aromatic carbocycles. The van der Waals surface area contributed by atoms with Crippen molar-refractivity contribution < 1.29 is 9.59 Å². The first-order valence-electron chi connectivity index (χ1n) is 8.37. The van der Waals surface area contributed by atoms with Crippen molar-refractivity contribution in [2.75, 3.05) is 13.1 Å². The predicted molar refractivity (Wildman–Crippen MR) is 89.2 cm³/mol. The van der Waals surface area contributed by atoms with E-state index in [4.69, 9.17) is 10.5 Å². The van der Waals surface area contributed by atoms with E-state index in [1.165, 1.54) is 0 Å². The molecular weight excluding hydrogens is 318 g/mol. The molecule has 1 unspecified atom stereocenters. The molecular formula is C18H19N5O2. The highest BCUT2D eigenvalue weighted by Gasteiger charge is 2.37. The molecule has 0 saturated carbocycles. The average Bonchev–Trinajstić information content (AvgIpc) is 3.30. The lowest BCUT2D eigenvalue weighted by molar-refractivity contribution is -0.133. The zero-order valence-corrected chi connectivity index (χ0v) is 13.7. The summed E-state index contributed by atoms with van der Waals surface area (Å²) in [6.45, 7) is 1.14. The quantitative estimate of drug-likeness (QED) is 0.836. The van der Waals surface area contributed by atoms with Crippen LogP contribution in [0.15, 0.2) is 24.3 Å². The minimum absolute atomic E-state index is 0.0563. The van der Waals surface area contributed by atoms with Gasteiger partial charge in [0.15, 0.2) is 0 Å². The first kappa shape index (κ1) is 16.9. The molecule has 0 bridgehead atoms. The molecule has 0 radical (unpaired) electrons. The molecule has 128 valence electrons. The summed E-state index contributed by atoms with van der Waals surface area (Å²) in [5, 5.41) is 24.0. The van der Waals surface area contributed by atoms with E-state index in [1.54, 1.807) is 29.2 Å². The zero-order valence-electron chi connectivity index (χ0n) is 13.7. The van der Waals surface area contributed by atoms with E-state index in [0.29, 0.717) is 30.6 Å². The van der Waals surface area contributed by atoms with Crippen LogP contribution in [0.5, 0.6) is 0 Å². The number of carbonyl (C=O) groups excluding carboxylic acids is 2. The van der Waals surface area contributed by atoms with Crippen LogP contribution < -0.4 is 10.6 Å². The Labute approximate surface area is 146 Å². The number of benzene rings is 1. The van der Waals surface area contributed by atoms with Gasteiger partial charge in [0.1, 0.15) is 6.04 Å². The molecule has 1 aromatic rings. The molecule has 2 fully saturated rings. The number of carbonyl (C=O) groups is 2. The molecule has 2 aliphatic rings. The van der Waals surface area contributed by atoms with E-state index in [1.807, 2.05) is 6.07 Å². The Kier molecular flexibility index (Phi) is 4.97. The van der Waals surface area contributed by atoms with E-state index in [-0.39, 0.29) is 29.9 Å². The summed E-state index contributed by atoms with van der Waals surface area (Å²) in [7, 11) is 0. The molecule has 3 atom stereocenters. The summed E-state index contributed by atoms with van der Waals surface area (Å²) in [5.41, 5.74) is 0.986. The van der Waals surface area contributed by atoms with E-state index >= 15 is 0 Å². The lowest BCUT2D eigenvalue weighted by Gasteiger charge is -2.23. The molecule has 2 heterocycles. The van der Waals surface area contributed by atoms with Crippen LogP contribution in [0.1, 0.15) is 35.2 Å². The second-order valence-electron chi connectivity index (χ2n) is 6.37. The predicted octanol–water partition coefficient (Wildman–Crippen LogP) is 0.533. The van der Waals surface area contributed by atoms with Crippen LogP contribution in [0.25, 0.3) is 0 Å². The van der Waals surface area contributed by atoms with E-state index in [9.17, 15) is 9.59 Å². The third-order valence-corrected chi connectivity index (χ3v) is 4.73. The van der Waals surface area contributed by atoms with Gasteiger partial charge in [0.25, 0.3) is 5.91 Å². The minimum Gasteiger partial charge on any atom is -0.348 e. The van der Waals surface area contributed by atoms with Crippen molar-refractivity contribution in [2.24, 2.45) is 0 Å². The second kappa shape index (κ2) is 7.33. The van der Waals surface area contributed by atoms with Crippen molar-refractivity contribution in [3.63, 3.8) is 0 Å². The average molecular weight is 337 g/mol. The molecule has 3 rings (SSSR count). The standard InChI is InChI=1S/C18H19N5O2/c19-9-12-3-5-13(6-4-12)17(24)22-14-8-16(21-11-14)18(25)23-7-1-2-15(23)10-20/h3-6,14-16,21H,1-2,7-8,11H2,(H,22,24)/t14-,15?,16-/m0/s1. The number of nitrogens with one attached hydrogen (secondary N) is 2. The van der Waals surface area contributed by atoms with Crippen molar-refractivity contribution in [1.29, 1.82) is 10.5 Å². The summed E-state index contributed by atoms with van der Waals surface area (Å²) >= 11 is 0. The summed E-state index contributed by atoms with van der Waals surface area (Å²) in [6, 6.07) is 9.78. The van der Waals surface area contributed by atoms with Gasteiger partial charge in [0.2, 0.25) is 5.91 Å². The Hall–Kier alpha value is -2.90. The Morgan fingerprint density at radius 3 is 2.68 bits per heavy atom. The maximum absolute atomic E-state index is 12.6. The molecule has 2 aliphatic heterocycles. The van der Waals surface area contributed by atoms with Gasteiger partial charge in [-0.15, -0.1) is 0 Å². The van der Waals surface area contributed by atoms with E-state index in [2.05, 4.69) is 16.7 Å². The zero-order chi connectivity index (χ0) is 17.8. The van der Waals surface area contributed by atoms with Gasteiger partial charge in [0.05, 0.1) is 23.7 Å². The summed E-state index contributed by atoms with van der Waals surface area (Å²) in [5.74, 6) is -0.278. The monoisotopic (exact) mass is 337 g/mol. The van der Waals surface area contributed by atoms with E-state index < -0.39 is 0 Å². The van der Waals surface area contributed by atoms with Crippen LogP contribution in [0.3, 0.4) is 0 Å². The van der Waals surface area contributed by atoms with Crippen LogP contribution >= 0.6 is 0 Å². The van der Waals surface area contributed by atoms with Crippen molar-refractivity contribution in [2.45, 2.75) is 37.4 Å². The first-order valence-corrected chi connectivity index (χ1v) is 8.37. The Morgan fingerprint density at radius 2 is 2.00 bits per heavy atom. The van der Waals surface area contributed by atoms with Crippen LogP contribution in [-0.2, 0) is 4.79 Å². The number of nitrogens with zero attached hydrogens (tertiary/aromatic N) is 3. The highest BCUT2D eigenvalue weighted by molar-refractivity contribution is 5.94. The third kappa shape index (κ3) is 3.62. The fourth-order valence-corrected chi connectivity index (χ4v) is 3.36. The maximum Gasteiger partial charge on any atom is 0.251 e. The van der Waals surface area contributed by atoms with Crippen LogP contribution in [0.4, 0.5) is 0 Å². The van der Waals surface area contributed by atoms with Gasteiger partial charge in [-0.05, 0) is 43.5 Å². The normalized spacial score (nSPS) is 25.2. The van der Waals surface area contributed by atoms with Gasteiger partial charge in [-0.3, -0.25) is 9.59 Å². The number of likely N-dealkylation sites (tertiary alicyclic amines) is 1.